The molecule has 0 aliphatic rings. The lowest BCUT2D eigenvalue weighted by atomic mass is 9.95. The zero-order valence-corrected chi connectivity index (χ0v) is 13.7. The van der Waals surface area contributed by atoms with Crippen LogP contribution in [0.25, 0.3) is 0 Å². The molecule has 0 unspecified atom stereocenters. The van der Waals surface area contributed by atoms with Crippen LogP contribution in [0.5, 0.6) is 0 Å². The zero-order valence-electron chi connectivity index (χ0n) is 13.7. The Kier molecular flexibility index (Phi) is 6.16. The highest BCUT2D eigenvalue weighted by atomic mass is 16.2. The Morgan fingerprint density at radius 1 is 1.18 bits per heavy atom. The number of hydrogen-bond donors (Lipinski definition) is 3. The van der Waals surface area contributed by atoms with Crippen molar-refractivity contribution in [2.45, 2.75) is 33.7 Å². The molecule has 22 heavy (non-hydrogen) atoms. The minimum absolute atomic E-state index is 0.0367. The van der Waals surface area contributed by atoms with E-state index in [9.17, 15) is 9.59 Å². The fourth-order valence-electron chi connectivity index (χ4n) is 1.61. The maximum absolute atomic E-state index is 11.9. The van der Waals surface area contributed by atoms with Crippen LogP contribution < -0.4 is 16.0 Å². The lowest BCUT2D eigenvalue weighted by Gasteiger charge is -2.18. The maximum atomic E-state index is 11.9. The van der Waals surface area contributed by atoms with E-state index in [-0.39, 0.29) is 17.9 Å². The largest absolute Gasteiger partial charge is 0.374 e. The molecule has 5 heteroatoms. The van der Waals surface area contributed by atoms with Gasteiger partial charge in [0.05, 0.1) is 0 Å². The van der Waals surface area contributed by atoms with Crippen molar-refractivity contribution in [2.24, 2.45) is 5.41 Å². The fraction of sp³-hybridized carbons (Fsp3) is 0.412. The summed E-state index contributed by atoms with van der Waals surface area (Å²) >= 11 is 0. The van der Waals surface area contributed by atoms with Gasteiger partial charge < -0.3 is 16.0 Å². The van der Waals surface area contributed by atoms with Crippen LogP contribution in [0.4, 0.5) is 11.4 Å². The van der Waals surface area contributed by atoms with E-state index in [1.807, 2.05) is 32.9 Å². The number of anilines is 2. The van der Waals surface area contributed by atoms with E-state index in [1.165, 1.54) is 0 Å². The summed E-state index contributed by atoms with van der Waals surface area (Å²) in [6.45, 7) is 11.4. The van der Waals surface area contributed by atoms with Crippen LogP contribution >= 0.6 is 0 Å². The number of hydrogen-bond acceptors (Lipinski definition) is 3. The summed E-state index contributed by atoms with van der Waals surface area (Å²) < 4.78 is 0. The number of carbonyl (C=O) groups is 2. The quantitative estimate of drug-likeness (QED) is 0.708. The monoisotopic (exact) mass is 303 g/mol. The van der Waals surface area contributed by atoms with Crippen molar-refractivity contribution >= 4 is 23.2 Å². The first-order valence-corrected chi connectivity index (χ1v) is 7.30. The average Bonchev–Trinajstić information content (AvgIpc) is 2.45. The smallest absolute Gasteiger partial charge is 0.242 e. The van der Waals surface area contributed by atoms with Crippen LogP contribution in [-0.2, 0) is 9.59 Å². The molecule has 0 aliphatic heterocycles. The number of nitrogens with one attached hydrogen (secondary N) is 3. The Hall–Kier alpha value is -2.30. The summed E-state index contributed by atoms with van der Waals surface area (Å²) in [4.78, 5) is 23.6. The Labute approximate surface area is 132 Å². The van der Waals surface area contributed by atoms with Gasteiger partial charge in [0, 0.05) is 23.3 Å². The molecule has 0 bridgehead atoms. The zero-order chi connectivity index (χ0) is 16.8. The van der Waals surface area contributed by atoms with E-state index in [0.717, 1.165) is 11.4 Å². The van der Waals surface area contributed by atoms with E-state index in [1.54, 1.807) is 25.1 Å². The van der Waals surface area contributed by atoms with Crippen molar-refractivity contribution in [1.29, 1.82) is 0 Å². The third kappa shape index (κ3) is 5.60. The molecule has 3 N–H and O–H groups in total. The second kappa shape index (κ2) is 7.64. The Morgan fingerprint density at radius 2 is 1.73 bits per heavy atom. The third-order valence-electron chi connectivity index (χ3n) is 3.02. The molecule has 1 rings (SSSR count). The van der Waals surface area contributed by atoms with Crippen LogP contribution in [-0.4, -0.2) is 24.4 Å². The van der Waals surface area contributed by atoms with Gasteiger partial charge in [-0.25, -0.2) is 0 Å². The molecule has 0 radical (unpaired) electrons. The average molecular weight is 303 g/mol. The van der Waals surface area contributed by atoms with Gasteiger partial charge in [0.2, 0.25) is 11.8 Å². The van der Waals surface area contributed by atoms with Gasteiger partial charge in [0.25, 0.3) is 0 Å². The van der Waals surface area contributed by atoms with Gasteiger partial charge in [0.1, 0.15) is 6.04 Å². The number of carbonyl (C=O) groups excluding carboxylic acids is 2. The Balaban J connectivity index is 2.60. The van der Waals surface area contributed by atoms with Gasteiger partial charge in [-0.15, -0.1) is 6.58 Å². The van der Waals surface area contributed by atoms with E-state index < -0.39 is 5.41 Å². The number of rotatable bonds is 6. The first-order chi connectivity index (χ1) is 10.2. The molecule has 0 fully saturated rings. The van der Waals surface area contributed by atoms with E-state index >= 15 is 0 Å². The standard InChI is InChI=1S/C17H25N3O2/c1-6-11-18-15(21)12(2)19-13-7-9-14(10-8-13)20-16(22)17(3,4)5/h6-10,12,19H,1,11H2,2-5H3,(H,18,21)(H,20,22)/t12-/m0/s1. The van der Waals surface area contributed by atoms with Crippen LogP contribution in [0, 0.1) is 5.41 Å². The molecule has 0 spiro atoms. The van der Waals surface area contributed by atoms with Crippen molar-refractivity contribution in [3.8, 4) is 0 Å². The molecule has 0 heterocycles. The lowest BCUT2D eigenvalue weighted by Crippen LogP contribution is -2.37. The first-order valence-electron chi connectivity index (χ1n) is 7.30. The fourth-order valence-corrected chi connectivity index (χ4v) is 1.61. The summed E-state index contributed by atoms with van der Waals surface area (Å²) in [6, 6.07) is 6.92. The normalized spacial score (nSPS) is 12.2. The van der Waals surface area contributed by atoms with E-state index in [0.29, 0.717) is 6.54 Å². The second-order valence-electron chi connectivity index (χ2n) is 6.18. The predicted molar refractivity (Wildman–Crippen MR) is 90.8 cm³/mol. The summed E-state index contributed by atoms with van der Waals surface area (Å²) in [5.74, 6) is -0.129. The summed E-state index contributed by atoms with van der Waals surface area (Å²) in [5.41, 5.74) is 1.11. The topological polar surface area (TPSA) is 70.2 Å². The SMILES string of the molecule is C=CCNC(=O)[C@H](C)Nc1ccc(NC(=O)C(C)(C)C)cc1. The van der Waals surface area contributed by atoms with Gasteiger partial charge in [-0.1, -0.05) is 26.8 Å². The van der Waals surface area contributed by atoms with Crippen molar-refractivity contribution in [1.82, 2.24) is 5.32 Å². The minimum atomic E-state index is -0.436. The van der Waals surface area contributed by atoms with Gasteiger partial charge in [-0.05, 0) is 31.2 Å². The van der Waals surface area contributed by atoms with Gasteiger partial charge in [-0.2, -0.15) is 0 Å². The number of benzene rings is 1. The summed E-state index contributed by atoms with van der Waals surface area (Å²) in [6.07, 6.45) is 1.64. The minimum Gasteiger partial charge on any atom is -0.374 e. The van der Waals surface area contributed by atoms with Crippen molar-refractivity contribution < 1.29 is 9.59 Å². The van der Waals surface area contributed by atoms with Gasteiger partial charge >= 0.3 is 0 Å². The molecular formula is C17H25N3O2. The van der Waals surface area contributed by atoms with Crippen molar-refractivity contribution in [2.75, 3.05) is 17.2 Å². The summed E-state index contributed by atoms with van der Waals surface area (Å²) in [7, 11) is 0. The van der Waals surface area contributed by atoms with Gasteiger partial charge in [0.15, 0.2) is 0 Å². The van der Waals surface area contributed by atoms with Crippen LogP contribution in [0.2, 0.25) is 0 Å². The molecule has 1 aromatic carbocycles. The van der Waals surface area contributed by atoms with Crippen molar-refractivity contribution in [3.63, 3.8) is 0 Å². The van der Waals surface area contributed by atoms with E-state index in [4.69, 9.17) is 0 Å². The van der Waals surface area contributed by atoms with Crippen molar-refractivity contribution in [3.05, 3.63) is 36.9 Å². The molecule has 1 atom stereocenters. The Morgan fingerprint density at radius 3 is 2.23 bits per heavy atom. The van der Waals surface area contributed by atoms with Crippen LogP contribution in [0.15, 0.2) is 36.9 Å². The molecule has 1 aromatic rings. The lowest BCUT2D eigenvalue weighted by molar-refractivity contribution is -0.123. The molecular weight excluding hydrogens is 278 g/mol. The number of amides is 2. The second-order valence-corrected chi connectivity index (χ2v) is 6.18. The first kappa shape index (κ1) is 17.8. The van der Waals surface area contributed by atoms with Gasteiger partial charge in [-0.3, -0.25) is 9.59 Å². The van der Waals surface area contributed by atoms with Crippen LogP contribution in [0.3, 0.4) is 0 Å². The molecule has 0 saturated carbocycles. The molecule has 120 valence electrons. The molecule has 0 aliphatic carbocycles. The highest BCUT2D eigenvalue weighted by molar-refractivity contribution is 5.94. The van der Waals surface area contributed by atoms with E-state index in [2.05, 4.69) is 22.5 Å². The third-order valence-corrected chi connectivity index (χ3v) is 3.02. The highest BCUT2D eigenvalue weighted by Gasteiger charge is 2.21. The predicted octanol–water partition coefficient (Wildman–Crippen LogP) is 2.77. The molecule has 0 saturated heterocycles. The van der Waals surface area contributed by atoms with Crippen LogP contribution in [0.1, 0.15) is 27.7 Å². The maximum Gasteiger partial charge on any atom is 0.242 e. The highest BCUT2D eigenvalue weighted by Crippen LogP contribution is 2.19. The molecule has 0 aromatic heterocycles. The molecule has 2 amide bonds. The summed E-state index contributed by atoms with van der Waals surface area (Å²) in [5, 5.41) is 8.69. The molecule has 5 nitrogen and oxygen atoms in total. The Bertz CT molecular complexity index is 530.